The van der Waals surface area contributed by atoms with Crippen molar-refractivity contribution in [2.24, 2.45) is 0 Å². The van der Waals surface area contributed by atoms with Crippen molar-refractivity contribution >= 4 is 11.6 Å². The van der Waals surface area contributed by atoms with Gasteiger partial charge in [-0.1, -0.05) is 29.8 Å². The average Bonchev–Trinajstić information content (AvgIpc) is 2.60. The molecule has 3 aromatic rings. The first-order valence-corrected chi connectivity index (χ1v) is 7.87. The van der Waals surface area contributed by atoms with Gasteiger partial charge in [-0.25, -0.2) is 4.98 Å². The molecule has 0 unspecified atom stereocenters. The Bertz CT molecular complexity index is 944. The summed E-state index contributed by atoms with van der Waals surface area (Å²) in [6, 6.07) is 11.4. The van der Waals surface area contributed by atoms with Gasteiger partial charge in [-0.3, -0.25) is 14.6 Å². The molecule has 0 atom stereocenters. The minimum Gasteiger partial charge on any atom is -0.323 e. The number of aryl methyl sites for hydroxylation is 2. The molecule has 6 heteroatoms. The van der Waals surface area contributed by atoms with E-state index in [1.165, 1.54) is 10.8 Å². The summed E-state index contributed by atoms with van der Waals surface area (Å²) in [6.07, 6.45) is 4.41. The SMILES string of the molecule is Cc1ccc(-c2cn(CC(=O)Nc3ccc(C)nc3)c(=O)cn2)cc1. The lowest BCUT2D eigenvalue weighted by molar-refractivity contribution is -0.116. The number of benzene rings is 1. The van der Waals surface area contributed by atoms with Gasteiger partial charge in [0.2, 0.25) is 5.91 Å². The van der Waals surface area contributed by atoms with Gasteiger partial charge in [-0.2, -0.15) is 0 Å². The Morgan fingerprint density at radius 2 is 1.80 bits per heavy atom. The molecule has 0 spiro atoms. The molecule has 1 aromatic carbocycles. The molecule has 0 radical (unpaired) electrons. The quantitative estimate of drug-likeness (QED) is 0.795. The molecule has 0 saturated carbocycles. The van der Waals surface area contributed by atoms with Crippen LogP contribution in [0.2, 0.25) is 0 Å². The van der Waals surface area contributed by atoms with Gasteiger partial charge in [0.05, 0.1) is 23.8 Å². The third kappa shape index (κ3) is 4.17. The zero-order chi connectivity index (χ0) is 17.8. The molecule has 3 rings (SSSR count). The van der Waals surface area contributed by atoms with Crippen LogP contribution >= 0.6 is 0 Å². The van der Waals surface area contributed by atoms with Crippen molar-refractivity contribution in [2.75, 3.05) is 5.32 Å². The van der Waals surface area contributed by atoms with Gasteiger partial charge in [0.25, 0.3) is 5.56 Å². The van der Waals surface area contributed by atoms with Crippen LogP contribution in [0.1, 0.15) is 11.3 Å². The maximum atomic E-state index is 12.2. The van der Waals surface area contributed by atoms with Crippen molar-refractivity contribution in [1.29, 1.82) is 0 Å². The van der Waals surface area contributed by atoms with Gasteiger partial charge in [-0.15, -0.1) is 0 Å². The predicted molar refractivity (Wildman–Crippen MR) is 96.3 cm³/mol. The van der Waals surface area contributed by atoms with Crippen molar-refractivity contribution < 1.29 is 4.79 Å². The van der Waals surface area contributed by atoms with E-state index in [9.17, 15) is 9.59 Å². The molecular weight excluding hydrogens is 316 g/mol. The molecule has 25 heavy (non-hydrogen) atoms. The number of amides is 1. The molecule has 0 bridgehead atoms. The molecule has 2 heterocycles. The highest BCUT2D eigenvalue weighted by molar-refractivity contribution is 5.90. The molecule has 0 aliphatic rings. The van der Waals surface area contributed by atoms with Crippen molar-refractivity contribution in [3.8, 4) is 11.3 Å². The van der Waals surface area contributed by atoms with E-state index in [0.29, 0.717) is 11.4 Å². The maximum absolute atomic E-state index is 12.2. The molecule has 2 aromatic heterocycles. The molecule has 6 nitrogen and oxygen atoms in total. The lowest BCUT2D eigenvalue weighted by atomic mass is 10.1. The summed E-state index contributed by atoms with van der Waals surface area (Å²) in [7, 11) is 0. The molecule has 1 N–H and O–H groups in total. The first-order valence-electron chi connectivity index (χ1n) is 7.87. The smallest absolute Gasteiger partial charge is 0.269 e. The van der Waals surface area contributed by atoms with E-state index in [2.05, 4.69) is 15.3 Å². The monoisotopic (exact) mass is 334 g/mol. The Morgan fingerprint density at radius 3 is 2.48 bits per heavy atom. The molecule has 0 fully saturated rings. The van der Waals surface area contributed by atoms with Crippen LogP contribution in [-0.4, -0.2) is 20.4 Å². The van der Waals surface area contributed by atoms with Gasteiger partial charge in [0.15, 0.2) is 0 Å². The van der Waals surface area contributed by atoms with Gasteiger partial charge in [-0.05, 0) is 26.0 Å². The molecule has 126 valence electrons. The topological polar surface area (TPSA) is 76.9 Å². The van der Waals surface area contributed by atoms with E-state index in [4.69, 9.17) is 0 Å². The van der Waals surface area contributed by atoms with Gasteiger partial charge in [0.1, 0.15) is 6.54 Å². The minimum atomic E-state index is -0.326. The highest BCUT2D eigenvalue weighted by Gasteiger charge is 2.08. The summed E-state index contributed by atoms with van der Waals surface area (Å²) >= 11 is 0. The number of hydrogen-bond acceptors (Lipinski definition) is 4. The summed E-state index contributed by atoms with van der Waals surface area (Å²) in [5.74, 6) is -0.297. The second kappa shape index (κ2) is 7.09. The number of hydrogen-bond donors (Lipinski definition) is 1. The van der Waals surface area contributed by atoms with E-state index in [-0.39, 0.29) is 18.0 Å². The van der Waals surface area contributed by atoms with Crippen LogP contribution in [-0.2, 0) is 11.3 Å². The number of rotatable bonds is 4. The number of pyridine rings is 1. The fraction of sp³-hybridized carbons (Fsp3) is 0.158. The number of carbonyl (C=O) groups excluding carboxylic acids is 1. The number of nitrogens with zero attached hydrogens (tertiary/aromatic N) is 3. The van der Waals surface area contributed by atoms with Crippen molar-refractivity contribution in [1.82, 2.24) is 14.5 Å². The summed E-state index contributed by atoms with van der Waals surface area (Å²) in [5.41, 5.74) is 3.81. The Labute approximate surface area is 145 Å². The van der Waals surface area contributed by atoms with Gasteiger partial charge >= 0.3 is 0 Å². The third-order valence-corrected chi connectivity index (χ3v) is 3.73. The molecule has 1 amide bonds. The lowest BCUT2D eigenvalue weighted by Crippen LogP contribution is -2.27. The fourth-order valence-electron chi connectivity index (χ4n) is 2.34. The zero-order valence-corrected chi connectivity index (χ0v) is 14.1. The second-order valence-electron chi connectivity index (χ2n) is 5.84. The van der Waals surface area contributed by atoms with E-state index in [0.717, 1.165) is 16.8 Å². The Hall–Kier alpha value is -3.28. The summed E-state index contributed by atoms with van der Waals surface area (Å²) in [4.78, 5) is 32.5. The van der Waals surface area contributed by atoms with Crippen LogP contribution in [0, 0.1) is 13.8 Å². The largest absolute Gasteiger partial charge is 0.323 e. The van der Waals surface area contributed by atoms with Crippen LogP contribution in [0.5, 0.6) is 0 Å². The molecule has 0 aliphatic carbocycles. The molecular formula is C19H18N4O2. The maximum Gasteiger partial charge on any atom is 0.269 e. The van der Waals surface area contributed by atoms with E-state index < -0.39 is 0 Å². The number of aromatic nitrogens is 3. The predicted octanol–water partition coefficient (Wildman–Crippen LogP) is 2.56. The van der Waals surface area contributed by atoms with Crippen LogP contribution in [0.25, 0.3) is 11.3 Å². The first-order chi connectivity index (χ1) is 12.0. The first kappa shape index (κ1) is 16.6. The number of carbonyl (C=O) groups is 1. The standard InChI is InChI=1S/C19H18N4O2/c1-13-3-6-15(7-4-13)17-11-23(19(25)10-21-17)12-18(24)22-16-8-5-14(2)20-9-16/h3-11H,12H2,1-2H3,(H,22,24). The van der Waals surface area contributed by atoms with Crippen LogP contribution in [0.4, 0.5) is 5.69 Å². The highest BCUT2D eigenvalue weighted by Crippen LogP contribution is 2.16. The highest BCUT2D eigenvalue weighted by atomic mass is 16.2. The van der Waals surface area contributed by atoms with E-state index >= 15 is 0 Å². The summed E-state index contributed by atoms with van der Waals surface area (Å²) in [6.45, 7) is 3.78. The lowest BCUT2D eigenvalue weighted by Gasteiger charge is -2.09. The number of nitrogens with one attached hydrogen (secondary N) is 1. The van der Waals surface area contributed by atoms with Crippen molar-refractivity contribution in [2.45, 2.75) is 20.4 Å². The Kier molecular flexibility index (Phi) is 4.70. The fourth-order valence-corrected chi connectivity index (χ4v) is 2.34. The van der Waals surface area contributed by atoms with E-state index in [1.807, 2.05) is 44.2 Å². The number of anilines is 1. The molecule has 0 aliphatic heterocycles. The van der Waals surface area contributed by atoms with Crippen LogP contribution < -0.4 is 10.9 Å². The summed E-state index contributed by atoms with van der Waals surface area (Å²) in [5, 5.41) is 2.73. The van der Waals surface area contributed by atoms with Gasteiger partial charge < -0.3 is 9.88 Å². The van der Waals surface area contributed by atoms with E-state index in [1.54, 1.807) is 18.5 Å². The van der Waals surface area contributed by atoms with Crippen LogP contribution in [0.3, 0.4) is 0 Å². The van der Waals surface area contributed by atoms with Crippen molar-refractivity contribution in [3.63, 3.8) is 0 Å². The van der Waals surface area contributed by atoms with Crippen molar-refractivity contribution in [3.05, 3.63) is 76.6 Å². The van der Waals surface area contributed by atoms with Crippen LogP contribution in [0.15, 0.2) is 59.8 Å². The second-order valence-corrected chi connectivity index (χ2v) is 5.84. The summed E-state index contributed by atoms with van der Waals surface area (Å²) < 4.78 is 1.35. The third-order valence-electron chi connectivity index (χ3n) is 3.73. The van der Waals surface area contributed by atoms with Gasteiger partial charge in [0, 0.05) is 17.5 Å². The average molecular weight is 334 g/mol. The zero-order valence-electron chi connectivity index (χ0n) is 14.1. The minimum absolute atomic E-state index is 0.0892. The Morgan fingerprint density at radius 1 is 1.04 bits per heavy atom. The normalized spacial score (nSPS) is 10.5. The molecule has 0 saturated heterocycles. The Balaban J connectivity index is 1.78.